The van der Waals surface area contributed by atoms with Crippen molar-refractivity contribution in [1.29, 1.82) is 0 Å². The maximum absolute atomic E-state index is 12.9. The first-order chi connectivity index (χ1) is 13.9. The number of carbonyl (C=O) groups excluding carboxylic acids is 1. The molecule has 1 aliphatic rings. The van der Waals surface area contributed by atoms with E-state index >= 15 is 0 Å². The van der Waals surface area contributed by atoms with Crippen molar-refractivity contribution in [3.63, 3.8) is 0 Å². The van der Waals surface area contributed by atoms with E-state index in [9.17, 15) is 13.2 Å². The van der Waals surface area contributed by atoms with Gasteiger partial charge in [0.05, 0.1) is 9.77 Å². The van der Waals surface area contributed by atoms with E-state index in [0.29, 0.717) is 18.8 Å². The summed E-state index contributed by atoms with van der Waals surface area (Å²) in [6.45, 7) is 4.96. The molecule has 1 amide bonds. The molecule has 9 heteroatoms. The highest BCUT2D eigenvalue weighted by molar-refractivity contribution is 7.89. The number of benzene rings is 1. The van der Waals surface area contributed by atoms with Crippen LogP contribution in [0.25, 0.3) is 10.6 Å². The van der Waals surface area contributed by atoms with Gasteiger partial charge < -0.3 is 9.42 Å². The third-order valence-electron chi connectivity index (χ3n) is 5.14. The standard InChI is InChI=1S/C20H21N3O4S2/c1-14-5-6-16(12-15(14)2)29(25,26)23-9-7-22(8-10-23)20(24)17-13-18(27-21-17)19-4-3-11-28-19/h3-6,11-13H,7-10H2,1-2H3. The molecule has 0 N–H and O–H groups in total. The van der Waals surface area contributed by atoms with Crippen LogP contribution in [0.5, 0.6) is 0 Å². The van der Waals surface area contributed by atoms with E-state index in [4.69, 9.17) is 4.52 Å². The van der Waals surface area contributed by atoms with Gasteiger partial charge in [-0.1, -0.05) is 17.3 Å². The number of thiophene rings is 1. The van der Waals surface area contributed by atoms with Gasteiger partial charge in [0.1, 0.15) is 0 Å². The lowest BCUT2D eigenvalue weighted by Crippen LogP contribution is -2.50. The van der Waals surface area contributed by atoms with Crippen LogP contribution in [-0.4, -0.2) is 54.9 Å². The van der Waals surface area contributed by atoms with Crippen molar-refractivity contribution in [3.05, 3.63) is 58.6 Å². The maximum Gasteiger partial charge on any atom is 0.276 e. The number of aromatic nitrogens is 1. The molecule has 1 aliphatic heterocycles. The first-order valence-corrected chi connectivity index (χ1v) is 11.6. The van der Waals surface area contributed by atoms with Crippen LogP contribution in [0.2, 0.25) is 0 Å². The van der Waals surface area contributed by atoms with Crippen LogP contribution in [0.15, 0.2) is 51.2 Å². The molecule has 4 rings (SSSR count). The van der Waals surface area contributed by atoms with Crippen molar-refractivity contribution in [2.45, 2.75) is 18.7 Å². The fourth-order valence-electron chi connectivity index (χ4n) is 3.23. The van der Waals surface area contributed by atoms with Gasteiger partial charge in [0.25, 0.3) is 5.91 Å². The van der Waals surface area contributed by atoms with Gasteiger partial charge >= 0.3 is 0 Å². The Bertz CT molecular complexity index is 1130. The summed E-state index contributed by atoms with van der Waals surface area (Å²) >= 11 is 1.51. The summed E-state index contributed by atoms with van der Waals surface area (Å²) in [7, 11) is -3.58. The number of piperazine rings is 1. The predicted octanol–water partition coefficient (Wildman–Crippen LogP) is 3.17. The van der Waals surface area contributed by atoms with E-state index in [-0.39, 0.29) is 29.6 Å². The lowest BCUT2D eigenvalue weighted by molar-refractivity contribution is 0.0687. The van der Waals surface area contributed by atoms with Gasteiger partial charge in [0.2, 0.25) is 10.0 Å². The SMILES string of the molecule is Cc1ccc(S(=O)(=O)N2CCN(C(=O)c3cc(-c4cccs4)on3)CC2)cc1C. The molecule has 0 bridgehead atoms. The summed E-state index contributed by atoms with van der Waals surface area (Å²) < 4.78 is 32.6. The highest BCUT2D eigenvalue weighted by Crippen LogP contribution is 2.26. The Morgan fingerprint density at radius 2 is 1.83 bits per heavy atom. The molecule has 0 unspecified atom stereocenters. The summed E-state index contributed by atoms with van der Waals surface area (Å²) in [5, 5.41) is 5.81. The maximum atomic E-state index is 12.9. The van der Waals surface area contributed by atoms with Crippen molar-refractivity contribution >= 4 is 27.3 Å². The zero-order valence-corrected chi connectivity index (χ0v) is 17.8. The van der Waals surface area contributed by atoms with Gasteiger partial charge in [0, 0.05) is 32.2 Å². The van der Waals surface area contributed by atoms with Gasteiger partial charge in [-0.15, -0.1) is 11.3 Å². The zero-order valence-electron chi connectivity index (χ0n) is 16.2. The van der Waals surface area contributed by atoms with Crippen molar-refractivity contribution < 1.29 is 17.7 Å². The minimum atomic E-state index is -3.58. The molecule has 3 aromatic rings. The molecular formula is C20H21N3O4S2. The number of hydrogen-bond acceptors (Lipinski definition) is 6. The third kappa shape index (κ3) is 3.85. The summed E-state index contributed by atoms with van der Waals surface area (Å²) in [6.07, 6.45) is 0. The van der Waals surface area contributed by atoms with Crippen LogP contribution in [0.4, 0.5) is 0 Å². The average molecular weight is 432 g/mol. The summed E-state index contributed by atoms with van der Waals surface area (Å²) in [5.74, 6) is 0.305. The smallest absolute Gasteiger partial charge is 0.276 e. The molecule has 0 atom stereocenters. The minimum absolute atomic E-state index is 0.235. The molecule has 0 aliphatic carbocycles. The van der Waals surface area contributed by atoms with Gasteiger partial charge in [-0.05, 0) is 48.6 Å². The number of hydrogen-bond donors (Lipinski definition) is 0. The molecule has 29 heavy (non-hydrogen) atoms. The Hall–Kier alpha value is -2.49. The molecule has 152 valence electrons. The zero-order chi connectivity index (χ0) is 20.6. The molecule has 3 heterocycles. The van der Waals surface area contributed by atoms with Gasteiger partial charge in [0.15, 0.2) is 11.5 Å². The Balaban J connectivity index is 1.43. The van der Waals surface area contributed by atoms with Gasteiger partial charge in [-0.3, -0.25) is 4.79 Å². The summed E-state index contributed by atoms with van der Waals surface area (Å²) in [4.78, 5) is 15.5. The molecule has 0 spiro atoms. The normalized spacial score (nSPS) is 15.6. The largest absolute Gasteiger partial charge is 0.355 e. The number of nitrogens with zero attached hydrogens (tertiary/aromatic N) is 3. The topological polar surface area (TPSA) is 83.7 Å². The van der Waals surface area contributed by atoms with Gasteiger partial charge in [-0.2, -0.15) is 4.31 Å². The van der Waals surface area contributed by atoms with E-state index < -0.39 is 10.0 Å². The Morgan fingerprint density at radius 1 is 1.07 bits per heavy atom. The van der Waals surface area contributed by atoms with Gasteiger partial charge in [-0.25, -0.2) is 8.42 Å². The highest BCUT2D eigenvalue weighted by Gasteiger charge is 2.31. The molecule has 0 saturated carbocycles. The van der Waals surface area contributed by atoms with Crippen molar-refractivity contribution in [3.8, 4) is 10.6 Å². The van der Waals surface area contributed by atoms with Crippen molar-refractivity contribution in [2.24, 2.45) is 0 Å². The van der Waals surface area contributed by atoms with Crippen LogP contribution in [0.3, 0.4) is 0 Å². The van der Waals surface area contributed by atoms with Crippen LogP contribution >= 0.6 is 11.3 Å². The van der Waals surface area contributed by atoms with E-state index in [1.807, 2.05) is 37.4 Å². The van der Waals surface area contributed by atoms with E-state index in [0.717, 1.165) is 16.0 Å². The number of carbonyl (C=O) groups is 1. The minimum Gasteiger partial charge on any atom is -0.355 e. The monoisotopic (exact) mass is 431 g/mol. The number of amides is 1. The van der Waals surface area contributed by atoms with Crippen LogP contribution < -0.4 is 0 Å². The second kappa shape index (κ2) is 7.74. The van der Waals surface area contributed by atoms with Crippen molar-refractivity contribution in [2.75, 3.05) is 26.2 Å². The summed E-state index contributed by atoms with van der Waals surface area (Å²) in [6, 6.07) is 10.6. The van der Waals surface area contributed by atoms with E-state index in [2.05, 4.69) is 5.16 Å². The van der Waals surface area contributed by atoms with Crippen LogP contribution in [0.1, 0.15) is 21.6 Å². The van der Waals surface area contributed by atoms with Crippen molar-refractivity contribution in [1.82, 2.24) is 14.4 Å². The average Bonchev–Trinajstić information content (AvgIpc) is 3.41. The van der Waals surface area contributed by atoms with E-state index in [1.54, 1.807) is 23.1 Å². The molecule has 0 radical (unpaired) electrons. The fraction of sp³-hybridized carbons (Fsp3) is 0.300. The summed E-state index contributed by atoms with van der Waals surface area (Å²) in [5.41, 5.74) is 2.22. The fourth-order valence-corrected chi connectivity index (χ4v) is 5.41. The van der Waals surface area contributed by atoms with E-state index in [1.165, 1.54) is 15.6 Å². The third-order valence-corrected chi connectivity index (χ3v) is 7.91. The van der Waals surface area contributed by atoms with Crippen LogP contribution in [0, 0.1) is 13.8 Å². The lowest BCUT2D eigenvalue weighted by atomic mass is 10.1. The number of rotatable bonds is 4. The second-order valence-electron chi connectivity index (χ2n) is 7.00. The lowest BCUT2D eigenvalue weighted by Gasteiger charge is -2.33. The van der Waals surface area contributed by atoms with Crippen LogP contribution in [-0.2, 0) is 10.0 Å². The Labute approximate surface area is 173 Å². The predicted molar refractivity (Wildman–Crippen MR) is 110 cm³/mol. The molecule has 1 fully saturated rings. The quantitative estimate of drug-likeness (QED) is 0.634. The molecule has 2 aromatic heterocycles. The molecule has 1 aromatic carbocycles. The first kappa shape index (κ1) is 19.8. The second-order valence-corrected chi connectivity index (χ2v) is 9.88. The Morgan fingerprint density at radius 3 is 2.48 bits per heavy atom. The Kier molecular flexibility index (Phi) is 5.28. The first-order valence-electron chi connectivity index (χ1n) is 9.23. The number of sulfonamides is 1. The molecular weight excluding hydrogens is 410 g/mol. The molecule has 1 saturated heterocycles. The molecule has 7 nitrogen and oxygen atoms in total. The number of aryl methyl sites for hydroxylation is 2. The highest BCUT2D eigenvalue weighted by atomic mass is 32.2.